The zero-order chi connectivity index (χ0) is 14.9. The second-order valence-electron chi connectivity index (χ2n) is 5.91. The maximum Gasteiger partial charge on any atom is 0.410 e. The minimum absolute atomic E-state index is 0.0134. The van der Waals surface area contributed by atoms with Crippen LogP contribution in [0.3, 0.4) is 0 Å². The third kappa shape index (κ3) is 3.04. The first-order valence-corrected chi connectivity index (χ1v) is 6.74. The van der Waals surface area contributed by atoms with Gasteiger partial charge in [-0.25, -0.2) is 9.48 Å². The first-order valence-electron chi connectivity index (χ1n) is 6.74. The van der Waals surface area contributed by atoms with E-state index in [1.165, 1.54) is 0 Å². The maximum atomic E-state index is 12.0. The Bertz CT molecular complexity index is 504. The van der Waals surface area contributed by atoms with Gasteiger partial charge in [-0.3, -0.25) is 0 Å². The lowest BCUT2D eigenvalue weighted by atomic mass is 10.1. The molecule has 0 atom stereocenters. The molecule has 7 nitrogen and oxygen atoms in total. The molecule has 0 radical (unpaired) electrons. The molecule has 1 aromatic heterocycles. The molecule has 20 heavy (non-hydrogen) atoms. The minimum Gasteiger partial charge on any atom is -0.444 e. The Hall–Kier alpha value is -1.76. The normalized spacial score (nSPS) is 15.1. The number of aromatic nitrogens is 2. The maximum absolute atomic E-state index is 12.0. The molecule has 0 saturated carbocycles. The van der Waals surface area contributed by atoms with Gasteiger partial charge in [0.15, 0.2) is 0 Å². The second kappa shape index (κ2) is 5.32. The molecule has 7 heteroatoms. The number of nitrogens with two attached hydrogens (primary N) is 1. The predicted octanol–water partition coefficient (Wildman–Crippen LogP) is 0.751. The lowest BCUT2D eigenvalue weighted by Gasteiger charge is -2.29. The smallest absolute Gasteiger partial charge is 0.410 e. The van der Waals surface area contributed by atoms with Gasteiger partial charge in [0.1, 0.15) is 11.4 Å². The first kappa shape index (κ1) is 14.6. The summed E-state index contributed by atoms with van der Waals surface area (Å²) in [7, 11) is 0. The number of anilines is 1. The SMILES string of the molecule is CC(C)(C)OC(=O)N1CCc2c(nn(CCO)c2N)C1. The van der Waals surface area contributed by atoms with Crippen LogP contribution in [0.15, 0.2) is 0 Å². The molecule has 0 fully saturated rings. The van der Waals surface area contributed by atoms with Gasteiger partial charge in [0, 0.05) is 12.1 Å². The van der Waals surface area contributed by atoms with Crippen LogP contribution in [0.2, 0.25) is 0 Å². The summed E-state index contributed by atoms with van der Waals surface area (Å²) in [5.41, 5.74) is 7.24. The van der Waals surface area contributed by atoms with Crippen molar-refractivity contribution in [3.05, 3.63) is 11.3 Å². The molecular weight excluding hydrogens is 260 g/mol. The van der Waals surface area contributed by atoms with E-state index >= 15 is 0 Å². The molecule has 112 valence electrons. The lowest BCUT2D eigenvalue weighted by Crippen LogP contribution is -2.39. The van der Waals surface area contributed by atoms with Crippen molar-refractivity contribution >= 4 is 11.9 Å². The third-order valence-corrected chi connectivity index (χ3v) is 3.11. The van der Waals surface area contributed by atoms with E-state index in [0.717, 1.165) is 11.3 Å². The Balaban J connectivity index is 2.11. The number of hydrogen-bond donors (Lipinski definition) is 2. The van der Waals surface area contributed by atoms with Gasteiger partial charge in [0.05, 0.1) is 25.4 Å². The topological polar surface area (TPSA) is 93.6 Å². The van der Waals surface area contributed by atoms with Crippen molar-refractivity contribution in [2.75, 3.05) is 18.9 Å². The van der Waals surface area contributed by atoms with Gasteiger partial charge in [0.2, 0.25) is 0 Å². The molecule has 1 aromatic rings. The van der Waals surface area contributed by atoms with Crippen LogP contribution in [0, 0.1) is 0 Å². The fourth-order valence-corrected chi connectivity index (χ4v) is 2.22. The Morgan fingerprint density at radius 1 is 1.50 bits per heavy atom. The number of aliphatic hydroxyl groups is 1. The Labute approximate surface area is 118 Å². The zero-order valence-electron chi connectivity index (χ0n) is 12.2. The summed E-state index contributed by atoms with van der Waals surface area (Å²) in [5, 5.41) is 13.3. The van der Waals surface area contributed by atoms with Gasteiger partial charge in [-0.05, 0) is 27.2 Å². The molecule has 1 aliphatic heterocycles. The number of amides is 1. The number of ether oxygens (including phenoxy) is 1. The highest BCUT2D eigenvalue weighted by atomic mass is 16.6. The molecule has 0 bridgehead atoms. The van der Waals surface area contributed by atoms with Crippen LogP contribution in [-0.2, 0) is 24.2 Å². The summed E-state index contributed by atoms with van der Waals surface area (Å²) in [6.07, 6.45) is 0.324. The van der Waals surface area contributed by atoms with E-state index in [1.807, 2.05) is 20.8 Å². The Kier molecular flexibility index (Phi) is 3.89. The van der Waals surface area contributed by atoms with Gasteiger partial charge in [-0.15, -0.1) is 0 Å². The van der Waals surface area contributed by atoms with Crippen LogP contribution in [0.25, 0.3) is 0 Å². The monoisotopic (exact) mass is 282 g/mol. The average molecular weight is 282 g/mol. The van der Waals surface area contributed by atoms with Crippen LogP contribution in [0.4, 0.5) is 10.6 Å². The second-order valence-corrected chi connectivity index (χ2v) is 5.91. The van der Waals surface area contributed by atoms with Gasteiger partial charge in [0.25, 0.3) is 0 Å². The number of nitrogen functional groups attached to an aromatic ring is 1. The van der Waals surface area contributed by atoms with Crippen LogP contribution in [0.1, 0.15) is 32.0 Å². The predicted molar refractivity (Wildman–Crippen MR) is 74.1 cm³/mol. The van der Waals surface area contributed by atoms with Crippen LogP contribution in [0.5, 0.6) is 0 Å². The number of rotatable bonds is 2. The van der Waals surface area contributed by atoms with Crippen molar-refractivity contribution in [2.45, 2.75) is 45.9 Å². The van der Waals surface area contributed by atoms with E-state index in [2.05, 4.69) is 5.10 Å². The summed E-state index contributed by atoms with van der Waals surface area (Å²) in [4.78, 5) is 13.7. The number of hydrogen-bond acceptors (Lipinski definition) is 5. The van der Waals surface area contributed by atoms with Crippen molar-refractivity contribution in [3.8, 4) is 0 Å². The van der Waals surface area contributed by atoms with Crippen molar-refractivity contribution in [1.82, 2.24) is 14.7 Å². The molecule has 0 spiro atoms. The summed E-state index contributed by atoms with van der Waals surface area (Å²) in [6, 6.07) is 0. The molecule has 1 aliphatic rings. The van der Waals surface area contributed by atoms with Crippen LogP contribution >= 0.6 is 0 Å². The van der Waals surface area contributed by atoms with E-state index in [1.54, 1.807) is 9.58 Å². The number of aliphatic hydroxyl groups excluding tert-OH is 1. The highest BCUT2D eigenvalue weighted by Crippen LogP contribution is 2.25. The van der Waals surface area contributed by atoms with Crippen molar-refractivity contribution < 1.29 is 14.6 Å². The zero-order valence-corrected chi connectivity index (χ0v) is 12.2. The first-order chi connectivity index (χ1) is 9.31. The molecule has 0 aromatic carbocycles. The molecule has 2 rings (SSSR count). The van der Waals surface area contributed by atoms with E-state index in [0.29, 0.717) is 31.9 Å². The Morgan fingerprint density at radius 2 is 2.20 bits per heavy atom. The van der Waals surface area contributed by atoms with E-state index in [-0.39, 0.29) is 12.7 Å². The molecule has 3 N–H and O–H groups in total. The van der Waals surface area contributed by atoms with Crippen molar-refractivity contribution in [1.29, 1.82) is 0 Å². The fraction of sp³-hybridized carbons (Fsp3) is 0.692. The van der Waals surface area contributed by atoms with E-state index in [9.17, 15) is 4.79 Å². The Morgan fingerprint density at radius 3 is 2.80 bits per heavy atom. The summed E-state index contributed by atoms with van der Waals surface area (Å²) in [5.74, 6) is 0.581. The van der Waals surface area contributed by atoms with Crippen molar-refractivity contribution in [2.24, 2.45) is 0 Å². The lowest BCUT2D eigenvalue weighted by molar-refractivity contribution is 0.0221. The van der Waals surface area contributed by atoms with E-state index < -0.39 is 5.60 Å². The van der Waals surface area contributed by atoms with Gasteiger partial charge in [-0.1, -0.05) is 0 Å². The third-order valence-electron chi connectivity index (χ3n) is 3.11. The molecule has 0 saturated heterocycles. The van der Waals surface area contributed by atoms with Gasteiger partial charge < -0.3 is 20.5 Å². The van der Waals surface area contributed by atoms with Gasteiger partial charge in [-0.2, -0.15) is 5.10 Å². The number of carbonyl (C=O) groups is 1. The summed E-state index contributed by atoms with van der Waals surface area (Å²) in [6.45, 7) is 6.84. The van der Waals surface area contributed by atoms with Crippen molar-refractivity contribution in [3.63, 3.8) is 0 Å². The standard InChI is InChI=1S/C13H22N4O3/c1-13(2,3)20-12(19)16-5-4-9-10(8-16)15-17(6-7-18)11(9)14/h18H,4-8,14H2,1-3H3. The molecule has 2 heterocycles. The summed E-state index contributed by atoms with van der Waals surface area (Å²) < 4.78 is 6.94. The highest BCUT2D eigenvalue weighted by Gasteiger charge is 2.29. The fourth-order valence-electron chi connectivity index (χ4n) is 2.22. The minimum atomic E-state index is -0.507. The summed E-state index contributed by atoms with van der Waals surface area (Å²) >= 11 is 0. The number of carbonyl (C=O) groups excluding carboxylic acids is 1. The quantitative estimate of drug-likeness (QED) is 0.835. The molecular formula is C13H22N4O3. The molecule has 0 aliphatic carbocycles. The highest BCUT2D eigenvalue weighted by molar-refractivity contribution is 5.69. The van der Waals surface area contributed by atoms with Crippen LogP contribution in [-0.4, -0.2) is 44.6 Å². The largest absolute Gasteiger partial charge is 0.444 e. The molecule has 0 unspecified atom stereocenters. The molecule has 1 amide bonds. The number of fused-ring (bicyclic) bond motifs is 1. The average Bonchev–Trinajstić information content (AvgIpc) is 2.64. The van der Waals surface area contributed by atoms with Gasteiger partial charge >= 0.3 is 6.09 Å². The van der Waals surface area contributed by atoms with Crippen LogP contribution < -0.4 is 5.73 Å². The van der Waals surface area contributed by atoms with E-state index in [4.69, 9.17) is 15.6 Å². The number of nitrogens with zero attached hydrogens (tertiary/aromatic N) is 3.